The summed E-state index contributed by atoms with van der Waals surface area (Å²) in [5, 5.41) is 24.6. The largest absolute Gasteiger partial charge is 0.495 e. The van der Waals surface area contributed by atoms with Crippen molar-refractivity contribution >= 4 is 23.0 Å². The molecule has 2 aromatic rings. The first-order valence-corrected chi connectivity index (χ1v) is 7.96. The number of hydrogen-bond donors (Lipinski definition) is 1. The second kappa shape index (κ2) is 7.40. The summed E-state index contributed by atoms with van der Waals surface area (Å²) >= 11 is 0. The number of rotatable bonds is 5. The number of amides is 1. The van der Waals surface area contributed by atoms with Gasteiger partial charge in [0, 0.05) is 12.1 Å². The first-order chi connectivity index (χ1) is 12.5. The molecule has 27 heavy (non-hydrogen) atoms. The minimum Gasteiger partial charge on any atom is -0.495 e. The Hall–Kier alpha value is -3.49. The minimum absolute atomic E-state index is 0.184. The predicted octanol–water partition coefficient (Wildman–Crippen LogP) is 4.06. The summed E-state index contributed by atoms with van der Waals surface area (Å²) in [5.41, 5.74) is -0.155. The Bertz CT molecular complexity index is 886. The van der Waals surface area contributed by atoms with Gasteiger partial charge in [-0.25, -0.2) is 0 Å². The number of nitrogens with one attached hydrogen (secondary N) is 1. The molecule has 142 valence electrons. The van der Waals surface area contributed by atoms with Crippen LogP contribution >= 0.6 is 0 Å². The fourth-order valence-electron chi connectivity index (χ4n) is 2.40. The normalized spacial score (nSPS) is 11.0. The highest BCUT2D eigenvalue weighted by molar-refractivity contribution is 6.05. The summed E-state index contributed by atoms with van der Waals surface area (Å²) in [5.74, 6) is -0.317. The average Bonchev–Trinajstić information content (AvgIpc) is 2.60. The molecule has 0 aromatic heterocycles. The van der Waals surface area contributed by atoms with Crippen molar-refractivity contribution < 1.29 is 19.4 Å². The molecule has 0 atom stereocenters. The van der Waals surface area contributed by atoms with E-state index in [2.05, 4.69) is 5.32 Å². The van der Waals surface area contributed by atoms with Crippen LogP contribution in [0.4, 0.5) is 17.1 Å². The zero-order valence-corrected chi connectivity index (χ0v) is 15.3. The molecule has 9 heteroatoms. The summed E-state index contributed by atoms with van der Waals surface area (Å²) in [6, 6.07) is 8.09. The number of anilines is 1. The quantitative estimate of drug-likeness (QED) is 0.622. The number of nitrogens with zero attached hydrogens (tertiary/aromatic N) is 2. The molecule has 0 unspecified atom stereocenters. The molecular weight excluding hydrogens is 354 g/mol. The molecule has 2 rings (SSSR count). The van der Waals surface area contributed by atoms with E-state index in [-0.39, 0.29) is 11.0 Å². The molecule has 0 aliphatic rings. The van der Waals surface area contributed by atoms with Gasteiger partial charge in [0.15, 0.2) is 0 Å². The Kier molecular flexibility index (Phi) is 5.44. The lowest BCUT2D eigenvalue weighted by Gasteiger charge is -2.21. The molecule has 0 saturated carbocycles. The number of benzene rings is 2. The van der Waals surface area contributed by atoms with Crippen molar-refractivity contribution in [2.75, 3.05) is 12.4 Å². The van der Waals surface area contributed by atoms with Gasteiger partial charge in [-0.3, -0.25) is 25.0 Å². The first kappa shape index (κ1) is 19.8. The number of non-ortho nitro benzene ring substituents is 2. The maximum absolute atomic E-state index is 12.6. The summed E-state index contributed by atoms with van der Waals surface area (Å²) in [7, 11) is 1.44. The molecule has 1 amide bonds. The Labute approximate surface area is 155 Å². The lowest BCUT2D eigenvalue weighted by molar-refractivity contribution is -0.394. The molecule has 0 bridgehead atoms. The molecule has 0 aliphatic heterocycles. The molecule has 0 aliphatic carbocycles. The van der Waals surface area contributed by atoms with Crippen LogP contribution in [0.2, 0.25) is 0 Å². The summed E-state index contributed by atoms with van der Waals surface area (Å²) in [6.45, 7) is 6.01. The second-order valence-electron chi connectivity index (χ2n) is 6.87. The van der Waals surface area contributed by atoms with Crippen molar-refractivity contribution in [2.45, 2.75) is 26.2 Å². The van der Waals surface area contributed by atoms with Crippen molar-refractivity contribution in [1.29, 1.82) is 0 Å². The van der Waals surface area contributed by atoms with Gasteiger partial charge < -0.3 is 10.1 Å². The molecule has 9 nitrogen and oxygen atoms in total. The Morgan fingerprint density at radius 3 is 2.00 bits per heavy atom. The summed E-state index contributed by atoms with van der Waals surface area (Å²) < 4.78 is 5.24. The van der Waals surface area contributed by atoms with Gasteiger partial charge in [0.1, 0.15) is 5.75 Å². The third kappa shape index (κ3) is 4.57. The second-order valence-corrected chi connectivity index (χ2v) is 6.87. The van der Waals surface area contributed by atoms with Crippen molar-refractivity contribution in [3.63, 3.8) is 0 Å². The van der Waals surface area contributed by atoms with Gasteiger partial charge in [-0.05, 0) is 23.1 Å². The highest BCUT2D eigenvalue weighted by Crippen LogP contribution is 2.32. The standard InChI is InChI=1S/C18H19N3O6/c1-18(2,3)12-5-6-16(27-4)15(9-12)19-17(22)11-7-13(20(23)24)10-14(8-11)21(25)26/h5-10H,1-4H3,(H,19,22). The summed E-state index contributed by atoms with van der Waals surface area (Å²) in [4.78, 5) is 33.0. The number of carbonyl (C=O) groups excluding carboxylic acids is 1. The van der Waals surface area contributed by atoms with E-state index >= 15 is 0 Å². The minimum atomic E-state index is -0.787. The van der Waals surface area contributed by atoms with Crippen LogP contribution in [0.15, 0.2) is 36.4 Å². The molecule has 0 saturated heterocycles. The number of hydrogen-bond acceptors (Lipinski definition) is 6. The van der Waals surface area contributed by atoms with Crippen molar-refractivity contribution in [3.05, 3.63) is 67.8 Å². The molecule has 0 heterocycles. The molecule has 0 radical (unpaired) electrons. The highest BCUT2D eigenvalue weighted by Gasteiger charge is 2.22. The lowest BCUT2D eigenvalue weighted by atomic mass is 9.87. The van der Waals surface area contributed by atoms with E-state index < -0.39 is 27.1 Å². The van der Waals surface area contributed by atoms with Crippen molar-refractivity contribution in [1.82, 2.24) is 0 Å². The van der Waals surface area contributed by atoms with E-state index in [0.717, 1.165) is 23.8 Å². The van der Waals surface area contributed by atoms with E-state index in [1.807, 2.05) is 26.8 Å². The van der Waals surface area contributed by atoms with Gasteiger partial charge in [0.25, 0.3) is 17.3 Å². The van der Waals surface area contributed by atoms with E-state index in [1.54, 1.807) is 12.1 Å². The first-order valence-electron chi connectivity index (χ1n) is 7.96. The van der Waals surface area contributed by atoms with Crippen LogP contribution in [0.3, 0.4) is 0 Å². The van der Waals surface area contributed by atoms with Gasteiger partial charge in [0.05, 0.1) is 34.3 Å². The van der Waals surface area contributed by atoms with E-state index in [9.17, 15) is 25.0 Å². The highest BCUT2D eigenvalue weighted by atomic mass is 16.6. The molecule has 0 spiro atoms. The van der Waals surface area contributed by atoms with Crippen LogP contribution in [0, 0.1) is 20.2 Å². The van der Waals surface area contributed by atoms with Gasteiger partial charge in [-0.15, -0.1) is 0 Å². The predicted molar refractivity (Wildman–Crippen MR) is 99.4 cm³/mol. The molecule has 1 N–H and O–H groups in total. The zero-order valence-electron chi connectivity index (χ0n) is 15.3. The van der Waals surface area contributed by atoms with Gasteiger partial charge in [-0.1, -0.05) is 26.8 Å². The number of ether oxygens (including phenoxy) is 1. The number of nitro groups is 2. The smallest absolute Gasteiger partial charge is 0.277 e. The third-order valence-corrected chi connectivity index (χ3v) is 3.90. The van der Waals surface area contributed by atoms with Gasteiger partial charge >= 0.3 is 0 Å². The fraction of sp³-hybridized carbons (Fsp3) is 0.278. The molecule has 2 aromatic carbocycles. The van der Waals surface area contributed by atoms with E-state index in [1.165, 1.54) is 7.11 Å². The van der Waals surface area contributed by atoms with Crippen LogP contribution < -0.4 is 10.1 Å². The lowest BCUT2D eigenvalue weighted by Crippen LogP contribution is -2.16. The molecular formula is C18H19N3O6. The maximum Gasteiger partial charge on any atom is 0.277 e. The van der Waals surface area contributed by atoms with Crippen LogP contribution in [0.25, 0.3) is 0 Å². The molecule has 0 fully saturated rings. The summed E-state index contributed by atoms with van der Waals surface area (Å²) in [6.07, 6.45) is 0. The number of carbonyl (C=O) groups is 1. The Balaban J connectivity index is 2.45. The third-order valence-electron chi connectivity index (χ3n) is 3.90. The monoisotopic (exact) mass is 373 g/mol. The van der Waals surface area contributed by atoms with Crippen LogP contribution in [-0.2, 0) is 5.41 Å². The Morgan fingerprint density at radius 2 is 1.56 bits per heavy atom. The zero-order chi connectivity index (χ0) is 20.4. The maximum atomic E-state index is 12.6. The van der Waals surface area contributed by atoms with Crippen molar-refractivity contribution in [3.8, 4) is 5.75 Å². The SMILES string of the molecule is COc1ccc(C(C)(C)C)cc1NC(=O)c1cc([N+](=O)[O-])cc([N+](=O)[O-])c1. The topological polar surface area (TPSA) is 125 Å². The van der Waals surface area contributed by atoms with E-state index in [0.29, 0.717) is 11.4 Å². The van der Waals surface area contributed by atoms with Crippen molar-refractivity contribution in [2.24, 2.45) is 0 Å². The van der Waals surface area contributed by atoms with Gasteiger partial charge in [0.2, 0.25) is 0 Å². The number of nitro benzene ring substituents is 2. The number of methoxy groups -OCH3 is 1. The van der Waals surface area contributed by atoms with Gasteiger partial charge in [-0.2, -0.15) is 0 Å². The van der Waals surface area contributed by atoms with Crippen LogP contribution in [0.5, 0.6) is 5.75 Å². The average molecular weight is 373 g/mol. The van der Waals surface area contributed by atoms with E-state index in [4.69, 9.17) is 4.74 Å². The van der Waals surface area contributed by atoms with Crippen LogP contribution in [0.1, 0.15) is 36.7 Å². The fourth-order valence-corrected chi connectivity index (χ4v) is 2.40. The Morgan fingerprint density at radius 1 is 1.00 bits per heavy atom. The van der Waals surface area contributed by atoms with Crippen LogP contribution in [-0.4, -0.2) is 22.9 Å².